The first-order chi connectivity index (χ1) is 14.3. The number of hydrogen-bond acceptors (Lipinski definition) is 4. The van der Waals surface area contributed by atoms with Crippen LogP contribution < -0.4 is 10.6 Å². The van der Waals surface area contributed by atoms with E-state index in [0.29, 0.717) is 18.6 Å². The molecule has 0 aliphatic carbocycles. The van der Waals surface area contributed by atoms with E-state index < -0.39 is 0 Å². The first-order valence-corrected chi connectivity index (χ1v) is 11.1. The van der Waals surface area contributed by atoms with Crippen LogP contribution >= 0.6 is 0 Å². The van der Waals surface area contributed by atoms with Gasteiger partial charge in [0.15, 0.2) is 11.8 Å². The highest BCUT2D eigenvalue weighted by molar-refractivity contribution is 5.79. The van der Waals surface area contributed by atoms with Crippen LogP contribution in [0.5, 0.6) is 0 Å². The number of aryl methyl sites for hydroxylation is 2. The summed E-state index contributed by atoms with van der Waals surface area (Å²) in [6.45, 7) is 18.5. The van der Waals surface area contributed by atoms with Crippen molar-refractivity contribution in [2.75, 3.05) is 19.6 Å². The molecule has 0 aliphatic rings. The Kier molecular flexibility index (Phi) is 9.30. The number of nitrogens with one attached hydrogen (secondary N) is 2. The summed E-state index contributed by atoms with van der Waals surface area (Å²) < 4.78 is 1.87. The van der Waals surface area contributed by atoms with E-state index >= 15 is 0 Å². The van der Waals surface area contributed by atoms with Crippen LogP contribution in [0.15, 0.2) is 29.4 Å². The van der Waals surface area contributed by atoms with Crippen molar-refractivity contribution in [2.24, 2.45) is 4.99 Å². The number of rotatable bonds is 10. The quantitative estimate of drug-likeness (QED) is 0.355. The Labute approximate surface area is 182 Å². The number of nitrogens with zero attached hydrogens (tertiary/aromatic N) is 5. The van der Waals surface area contributed by atoms with Crippen LogP contribution in [-0.4, -0.2) is 57.3 Å². The van der Waals surface area contributed by atoms with Gasteiger partial charge in [-0.3, -0.25) is 4.90 Å². The smallest absolute Gasteiger partial charge is 0.191 e. The Balaban J connectivity index is 1.90. The number of hydrogen-bond donors (Lipinski definition) is 2. The van der Waals surface area contributed by atoms with E-state index in [1.54, 1.807) is 0 Å². The van der Waals surface area contributed by atoms with Gasteiger partial charge < -0.3 is 10.6 Å². The number of guanidine groups is 1. The predicted octanol–water partition coefficient (Wildman–Crippen LogP) is 3.45. The molecule has 166 valence electrons. The molecule has 0 unspecified atom stereocenters. The lowest BCUT2D eigenvalue weighted by Crippen LogP contribution is -2.41. The third-order valence-corrected chi connectivity index (χ3v) is 5.01. The molecule has 30 heavy (non-hydrogen) atoms. The van der Waals surface area contributed by atoms with Gasteiger partial charge in [0.05, 0.1) is 12.2 Å². The Hall–Kier alpha value is -2.41. The number of pyridine rings is 1. The maximum absolute atomic E-state index is 4.71. The molecule has 2 rings (SSSR count). The van der Waals surface area contributed by atoms with Gasteiger partial charge in [0.1, 0.15) is 0 Å². The average molecular weight is 414 g/mol. The fourth-order valence-electron chi connectivity index (χ4n) is 3.59. The van der Waals surface area contributed by atoms with Crippen LogP contribution in [0.2, 0.25) is 0 Å². The van der Waals surface area contributed by atoms with Gasteiger partial charge in [0, 0.05) is 43.6 Å². The molecule has 0 saturated heterocycles. The van der Waals surface area contributed by atoms with Crippen molar-refractivity contribution in [3.8, 4) is 5.82 Å². The Morgan fingerprint density at radius 2 is 1.87 bits per heavy atom. The first kappa shape index (κ1) is 23.9. The van der Waals surface area contributed by atoms with E-state index in [4.69, 9.17) is 4.99 Å². The Morgan fingerprint density at radius 1 is 1.13 bits per heavy atom. The molecule has 7 heteroatoms. The van der Waals surface area contributed by atoms with Crippen molar-refractivity contribution in [3.63, 3.8) is 0 Å². The zero-order valence-corrected chi connectivity index (χ0v) is 19.7. The monoisotopic (exact) mass is 413 g/mol. The van der Waals surface area contributed by atoms with Gasteiger partial charge in [-0.2, -0.15) is 5.10 Å². The minimum atomic E-state index is 0.566. The van der Waals surface area contributed by atoms with Crippen LogP contribution in [0.4, 0.5) is 0 Å². The summed E-state index contributed by atoms with van der Waals surface area (Å²) in [5.74, 6) is 1.68. The summed E-state index contributed by atoms with van der Waals surface area (Å²) >= 11 is 0. The van der Waals surface area contributed by atoms with Crippen molar-refractivity contribution >= 4 is 5.96 Å². The molecular formula is C23H39N7. The normalized spacial score (nSPS) is 12.3. The summed E-state index contributed by atoms with van der Waals surface area (Å²) in [4.78, 5) is 11.8. The molecule has 0 aliphatic heterocycles. The zero-order valence-electron chi connectivity index (χ0n) is 19.7. The molecule has 2 N–H and O–H groups in total. The lowest BCUT2D eigenvalue weighted by Gasteiger charge is -2.30. The van der Waals surface area contributed by atoms with Gasteiger partial charge in [-0.05, 0) is 72.6 Å². The van der Waals surface area contributed by atoms with Crippen molar-refractivity contribution in [1.29, 1.82) is 0 Å². The van der Waals surface area contributed by atoms with Crippen LogP contribution in [-0.2, 0) is 6.54 Å². The lowest BCUT2D eigenvalue weighted by atomic mass is 10.2. The molecule has 0 atom stereocenters. The Morgan fingerprint density at radius 3 is 2.40 bits per heavy atom. The molecule has 0 saturated carbocycles. The summed E-state index contributed by atoms with van der Waals surface area (Å²) in [6.07, 6.45) is 2.96. The van der Waals surface area contributed by atoms with Gasteiger partial charge in [0.25, 0.3) is 0 Å². The molecule has 0 radical (unpaired) electrons. The maximum atomic E-state index is 4.71. The third kappa shape index (κ3) is 7.13. The van der Waals surface area contributed by atoms with Crippen LogP contribution in [0, 0.1) is 13.8 Å². The molecule has 7 nitrogen and oxygen atoms in total. The molecule has 2 aromatic rings. The van der Waals surface area contributed by atoms with Gasteiger partial charge >= 0.3 is 0 Å². The SMILES string of the molecule is CCNC(=NCc1ccc(-n2nc(C)cc2C)nc1)NCCCN(C(C)C)C(C)C. The van der Waals surface area contributed by atoms with Gasteiger partial charge in [-0.15, -0.1) is 0 Å². The van der Waals surface area contributed by atoms with Crippen molar-refractivity contribution in [2.45, 2.75) is 73.5 Å². The zero-order chi connectivity index (χ0) is 22.1. The minimum absolute atomic E-state index is 0.566. The first-order valence-electron chi connectivity index (χ1n) is 11.1. The largest absolute Gasteiger partial charge is 0.357 e. The highest BCUT2D eigenvalue weighted by Crippen LogP contribution is 2.11. The molecule has 0 bridgehead atoms. The molecular weight excluding hydrogens is 374 g/mol. The van der Waals surface area contributed by atoms with Gasteiger partial charge in [-0.1, -0.05) is 6.07 Å². The number of aliphatic imine (C=N–C) groups is 1. The van der Waals surface area contributed by atoms with E-state index in [9.17, 15) is 0 Å². The van der Waals surface area contributed by atoms with E-state index in [-0.39, 0.29) is 0 Å². The van der Waals surface area contributed by atoms with E-state index in [0.717, 1.165) is 54.8 Å². The molecule has 0 spiro atoms. The molecule has 0 amide bonds. The fraction of sp³-hybridized carbons (Fsp3) is 0.609. The van der Waals surface area contributed by atoms with Gasteiger partial charge in [0.2, 0.25) is 0 Å². The molecule has 2 heterocycles. The summed E-state index contributed by atoms with van der Waals surface area (Å²) in [6, 6.07) is 7.25. The Bertz CT molecular complexity index is 782. The predicted molar refractivity (Wildman–Crippen MR) is 125 cm³/mol. The lowest BCUT2D eigenvalue weighted by molar-refractivity contribution is 0.173. The second-order valence-corrected chi connectivity index (χ2v) is 8.26. The van der Waals surface area contributed by atoms with Crippen molar-refractivity contribution in [3.05, 3.63) is 41.3 Å². The standard InChI is InChI=1S/C23H39N7/c1-8-24-23(25-12-9-13-29(17(2)3)18(4)5)27-16-21-10-11-22(26-15-21)30-20(7)14-19(6)28-30/h10-11,14-15,17-18H,8-9,12-13,16H2,1-7H3,(H2,24,25,27). The van der Waals surface area contributed by atoms with Gasteiger partial charge in [-0.25, -0.2) is 14.7 Å². The molecule has 2 aromatic heterocycles. The van der Waals surface area contributed by atoms with Crippen molar-refractivity contribution < 1.29 is 0 Å². The number of aromatic nitrogens is 3. The average Bonchev–Trinajstić information content (AvgIpc) is 3.03. The highest BCUT2D eigenvalue weighted by Gasteiger charge is 2.12. The second kappa shape index (κ2) is 11.7. The summed E-state index contributed by atoms with van der Waals surface area (Å²) in [5, 5.41) is 11.3. The summed E-state index contributed by atoms with van der Waals surface area (Å²) in [7, 11) is 0. The minimum Gasteiger partial charge on any atom is -0.357 e. The second-order valence-electron chi connectivity index (χ2n) is 8.26. The summed E-state index contributed by atoms with van der Waals surface area (Å²) in [5.41, 5.74) is 3.15. The van der Waals surface area contributed by atoms with Crippen LogP contribution in [0.3, 0.4) is 0 Å². The van der Waals surface area contributed by atoms with E-state index in [1.807, 2.05) is 30.8 Å². The van der Waals surface area contributed by atoms with Crippen LogP contribution in [0.1, 0.15) is 58.0 Å². The molecule has 0 fully saturated rings. The van der Waals surface area contributed by atoms with E-state index in [1.165, 1.54) is 0 Å². The topological polar surface area (TPSA) is 70.4 Å². The maximum Gasteiger partial charge on any atom is 0.191 e. The molecule has 0 aromatic carbocycles. The van der Waals surface area contributed by atoms with E-state index in [2.05, 4.69) is 72.4 Å². The highest BCUT2D eigenvalue weighted by atomic mass is 15.3. The third-order valence-electron chi connectivity index (χ3n) is 5.01. The van der Waals surface area contributed by atoms with Crippen LogP contribution in [0.25, 0.3) is 5.82 Å². The van der Waals surface area contributed by atoms with Crippen molar-refractivity contribution in [1.82, 2.24) is 30.3 Å². The fourth-order valence-corrected chi connectivity index (χ4v) is 3.59.